The van der Waals surface area contributed by atoms with Gasteiger partial charge in [0.1, 0.15) is 18.8 Å². The summed E-state index contributed by atoms with van der Waals surface area (Å²) in [6.45, 7) is -0.621. The number of phenols is 25. The normalized spacial score (nSPS) is 18.8. The third kappa shape index (κ3) is 18.9. The Labute approximate surface area is 801 Å². The molecule has 2 saturated heterocycles. The molecule has 0 aromatic heterocycles. The molecular formula is C94H75NO49. The maximum atomic E-state index is 15.3. The number of esters is 10. The van der Waals surface area contributed by atoms with Gasteiger partial charge in [-0.1, -0.05) is 6.07 Å². The van der Waals surface area contributed by atoms with Gasteiger partial charge in [0.05, 0.1) is 68.8 Å². The average molecular weight is 2000 g/mol. The zero-order valence-corrected chi connectivity index (χ0v) is 73.1. The summed E-state index contributed by atoms with van der Waals surface area (Å²) in [5.41, 5.74) is -7.11. The minimum Gasteiger partial charge on any atom is -0.504 e. The van der Waals surface area contributed by atoms with Crippen LogP contribution >= 0.6 is 0 Å². The molecule has 1 spiro atoms. The largest absolute Gasteiger partial charge is 0.504 e. The molecule has 0 radical (unpaired) electrons. The van der Waals surface area contributed by atoms with Gasteiger partial charge >= 0.3 is 59.7 Å². The lowest BCUT2D eigenvalue weighted by molar-refractivity contribution is -0.282. The number of likely N-dealkylation sites (tertiary alicyclic amines) is 1. The number of carbonyl (C=O) groups is 10. The van der Waals surface area contributed by atoms with Crippen LogP contribution in [0.3, 0.4) is 0 Å². The second-order valence-electron chi connectivity index (χ2n) is 32.6. The predicted molar refractivity (Wildman–Crippen MR) is 465 cm³/mol. The summed E-state index contributed by atoms with van der Waals surface area (Å²) in [4.78, 5) is 145. The number of ether oxygens (including phenoxy) is 13. The number of likely N-dealkylation sites (N-methyl/N-ethyl adjacent to an activating group) is 1. The number of aromatic hydroxyl groups is 25. The van der Waals surface area contributed by atoms with Gasteiger partial charge in [0, 0.05) is 17.0 Å². The molecule has 50 heteroatoms. The van der Waals surface area contributed by atoms with Crippen LogP contribution in [0.2, 0.25) is 0 Å². The first-order valence-electron chi connectivity index (χ1n) is 41.6. The molecule has 3 heterocycles. The SMILES string of the molecule is COc1ccc2c3c1OC1[C@@H](O)CCC4C(C2)N(C)CC[C@@]341.O=C(OC[C@H]1O[C@@H](OC(=O)c2cc(O)c(O)c(OC(=O)c3cc(O)c(O)c(O)c3)c2)[C@H](OC(=O)c2cc(O)c(O)c(OC(=O)c3cc(O)c(O)c(O)c3)c2)[C@@H](OC(=O)c2cc(O)c(O)c(OC(=O)c3cc(O)c(O)c(O)c3)c2)[C@@H]1OC(=O)c1cc(O)c(O)c(OC(=O)c2cc(O)c(O)c(O)c2)c1)c1cc(O)c(O)c(OC(=O)c2cc(O)c(O)c(O)c2)c1. The van der Waals surface area contributed by atoms with Crippen LogP contribution < -0.4 is 33.2 Å². The monoisotopic (exact) mass is 2000 g/mol. The summed E-state index contributed by atoms with van der Waals surface area (Å²) < 4.78 is 72.3. The lowest BCUT2D eigenvalue weighted by Gasteiger charge is -2.58. The molecule has 10 atom stereocenters. The van der Waals surface area contributed by atoms with E-state index >= 15 is 14.4 Å². The molecule has 2 bridgehead atoms. The average Bonchev–Trinajstić information content (AvgIpc) is 1.51. The fourth-order valence-electron chi connectivity index (χ4n) is 16.7. The Hall–Kier alpha value is -19.4. The second kappa shape index (κ2) is 38.5. The van der Waals surface area contributed by atoms with Gasteiger partial charge in [0.2, 0.25) is 41.1 Å². The number of methoxy groups -OCH3 is 1. The van der Waals surface area contributed by atoms with Crippen LogP contribution in [0.4, 0.5) is 0 Å². The fourth-order valence-corrected chi connectivity index (χ4v) is 16.7. The molecule has 144 heavy (non-hydrogen) atoms. The van der Waals surface area contributed by atoms with Crippen molar-refractivity contribution in [2.24, 2.45) is 5.92 Å². The molecule has 26 N–H and O–H groups in total. The molecule has 3 aliphatic heterocycles. The lowest BCUT2D eigenvalue weighted by atomic mass is 9.51. The van der Waals surface area contributed by atoms with Crippen molar-refractivity contribution >= 4 is 59.7 Å². The number of phenolic OH excluding ortho intramolecular Hbond substituents is 25. The molecular weight excluding hydrogens is 1930 g/mol. The summed E-state index contributed by atoms with van der Waals surface area (Å²) >= 11 is 0. The lowest BCUT2D eigenvalue weighted by Crippen LogP contribution is -2.66. The van der Waals surface area contributed by atoms with Crippen LogP contribution in [0.25, 0.3) is 0 Å². The number of carbonyl (C=O) groups excluding carboxylic acids is 10. The van der Waals surface area contributed by atoms with Crippen molar-refractivity contribution in [3.8, 4) is 184 Å². The Balaban J connectivity index is 0.000000614. The number of aliphatic hydroxyl groups excluding tert-OH is 1. The van der Waals surface area contributed by atoms with Crippen molar-refractivity contribution in [3.63, 3.8) is 0 Å². The van der Waals surface area contributed by atoms with E-state index in [1.54, 1.807) is 7.11 Å². The van der Waals surface area contributed by atoms with Crippen molar-refractivity contribution in [2.75, 3.05) is 27.3 Å². The number of aliphatic hydroxyl groups is 1. The van der Waals surface area contributed by atoms with Crippen LogP contribution in [0.1, 0.15) is 134 Å². The highest BCUT2D eigenvalue weighted by Crippen LogP contribution is 2.64. The number of hydrogen-bond donors (Lipinski definition) is 26. The van der Waals surface area contributed by atoms with E-state index in [1.807, 2.05) is 6.07 Å². The number of rotatable bonds is 22. The van der Waals surface area contributed by atoms with Gasteiger partial charge in [-0.05, 0) is 178 Å². The van der Waals surface area contributed by atoms with E-state index < -0.39 is 325 Å². The van der Waals surface area contributed by atoms with Gasteiger partial charge in [-0.2, -0.15) is 0 Å². The number of hydrogen-bond acceptors (Lipinski definition) is 50. The Bertz CT molecular complexity index is 7090. The van der Waals surface area contributed by atoms with Gasteiger partial charge < -0.3 is 199 Å². The molecule has 5 aliphatic rings. The van der Waals surface area contributed by atoms with Crippen molar-refractivity contribution in [1.82, 2.24) is 4.90 Å². The van der Waals surface area contributed by atoms with Gasteiger partial charge in [-0.25, -0.2) is 47.9 Å². The number of nitrogens with zero attached hydrogens (tertiary/aromatic N) is 1. The molecule has 3 fully saturated rings. The van der Waals surface area contributed by atoms with Crippen molar-refractivity contribution in [3.05, 3.63) is 200 Å². The number of piperidine rings is 1. The zero-order valence-electron chi connectivity index (χ0n) is 73.1. The fraction of sp³-hybridized carbons (Fsp3) is 0.191. The molecule has 11 aromatic carbocycles. The smallest absolute Gasteiger partial charge is 0.343 e. The Kier molecular flexibility index (Phi) is 26.5. The molecule has 11 aromatic rings. The van der Waals surface area contributed by atoms with E-state index in [0.717, 1.165) is 43.7 Å². The summed E-state index contributed by atoms with van der Waals surface area (Å²) in [5, 5.41) is 272. The van der Waals surface area contributed by atoms with E-state index in [0.29, 0.717) is 133 Å². The van der Waals surface area contributed by atoms with Crippen molar-refractivity contribution < 1.29 is 242 Å². The minimum atomic E-state index is -3.12. The van der Waals surface area contributed by atoms with E-state index in [9.17, 15) is 166 Å². The van der Waals surface area contributed by atoms with E-state index in [1.165, 1.54) is 11.1 Å². The summed E-state index contributed by atoms with van der Waals surface area (Å²) in [5.74, 6) is -53.6. The van der Waals surface area contributed by atoms with Crippen LogP contribution in [-0.2, 0) is 40.3 Å². The molecule has 0 amide bonds. The first-order chi connectivity index (χ1) is 68.0. The third-order valence-corrected chi connectivity index (χ3v) is 23.7. The maximum absolute atomic E-state index is 15.3. The van der Waals surface area contributed by atoms with Crippen LogP contribution in [0.5, 0.6) is 184 Å². The van der Waals surface area contributed by atoms with Gasteiger partial charge in [-0.3, -0.25) is 0 Å². The Morgan fingerprint density at radius 3 is 0.924 bits per heavy atom. The Morgan fingerprint density at radius 2 is 0.611 bits per heavy atom. The molecule has 50 nitrogen and oxygen atoms in total. The van der Waals surface area contributed by atoms with Crippen LogP contribution in [-0.4, -0.2) is 274 Å². The van der Waals surface area contributed by atoms with Crippen molar-refractivity contribution in [2.45, 2.75) is 80.1 Å². The molecule has 2 aliphatic carbocycles. The molecule has 3 unspecified atom stereocenters. The van der Waals surface area contributed by atoms with E-state index in [2.05, 4.69) is 18.0 Å². The topological polar surface area (TPSA) is 820 Å². The molecule has 1 saturated carbocycles. The highest BCUT2D eigenvalue weighted by Gasteiger charge is 2.66. The molecule has 16 rings (SSSR count). The van der Waals surface area contributed by atoms with E-state index in [4.69, 9.17) is 61.6 Å². The highest BCUT2D eigenvalue weighted by atomic mass is 16.8. The summed E-state index contributed by atoms with van der Waals surface area (Å²) in [7, 11) is 3.96. The highest BCUT2D eigenvalue weighted by molar-refractivity contribution is 6.00. The zero-order chi connectivity index (χ0) is 104. The van der Waals surface area contributed by atoms with Gasteiger partial charge in [0.15, 0.2) is 167 Å². The first kappa shape index (κ1) is 99.1. The second-order valence-corrected chi connectivity index (χ2v) is 32.6. The van der Waals surface area contributed by atoms with E-state index in [-0.39, 0.29) is 17.6 Å². The predicted octanol–water partition coefficient (Wildman–Crippen LogP) is 6.56. The minimum absolute atomic E-state index is 0.00625. The third-order valence-electron chi connectivity index (χ3n) is 23.7. The van der Waals surface area contributed by atoms with Crippen LogP contribution in [0.15, 0.2) is 133 Å². The quantitative estimate of drug-likeness (QED) is 0.0148. The van der Waals surface area contributed by atoms with Gasteiger partial charge in [0.25, 0.3) is 0 Å². The maximum Gasteiger partial charge on any atom is 0.343 e. The van der Waals surface area contributed by atoms with Crippen LogP contribution in [0, 0.1) is 5.92 Å². The van der Waals surface area contributed by atoms with Gasteiger partial charge in [-0.15, -0.1) is 0 Å². The van der Waals surface area contributed by atoms with Crippen molar-refractivity contribution in [1.29, 1.82) is 0 Å². The first-order valence-corrected chi connectivity index (χ1v) is 41.6. The standard InChI is InChI=1S/C76H52O46.C18H23NO3/c77-32-1-22(2-33(78)53(32)92)67(103)113-47-16-27(11-42(87)58(47)97)66(102)112-21-52-63(119-72(108)28-12-43(88)59(98)48(17-28)114-68(104)23-3-34(79)54(93)35(80)4-23)64(120-73(109)29-13-44(89)60(99)49(18-29)115-69(105)24-5-36(81)55(94)37(82)6-24)65(121-74(110)30-14-45(90)61(100)50(19-30)116-70(106)25-7-38(83)56(95)39(84)8-25)76(118-52)122-75(111)31-15-46(91)62(101)51(20-31)117-71(107)26-9-40(85)57(96)41(86)10-26;1-19-8-7-18-11-4-5-13(20)17(18)22-16-14(21-2)6-3-10(15(16)18)9-12(11)19/h1-20,52,63-65,76-101H,21H2;3,6,11-13,17,20H,4-5,7-9H2,1-2H3/t52-,63-,64+,65-,76+;11?,12?,13-,17?,18-/m10/s1. The summed E-state index contributed by atoms with van der Waals surface area (Å²) in [6.07, 6.45) is -11.4. The number of benzene rings is 11. The summed E-state index contributed by atoms with van der Waals surface area (Å²) in [6, 6.07) is 13.4. The Morgan fingerprint density at radius 1 is 0.333 bits per heavy atom. The molecule has 750 valence electrons.